The molecule has 0 spiro atoms. The molecule has 5 heteroatoms. The van der Waals surface area contributed by atoms with E-state index in [9.17, 15) is 4.79 Å². The highest BCUT2D eigenvalue weighted by molar-refractivity contribution is 7.10. The molecule has 1 fully saturated rings. The van der Waals surface area contributed by atoms with Gasteiger partial charge in [-0.15, -0.1) is 11.3 Å². The number of fused-ring (bicyclic) bond motifs is 1. The highest BCUT2D eigenvalue weighted by Gasteiger charge is 2.21. The zero-order valence-electron chi connectivity index (χ0n) is 11.7. The molecule has 110 valence electrons. The van der Waals surface area contributed by atoms with Crippen molar-refractivity contribution in [3.8, 4) is 0 Å². The van der Waals surface area contributed by atoms with Crippen molar-refractivity contribution in [2.24, 2.45) is 0 Å². The lowest BCUT2D eigenvalue weighted by Gasteiger charge is -2.21. The van der Waals surface area contributed by atoms with E-state index in [1.807, 2.05) is 4.90 Å². The van der Waals surface area contributed by atoms with Crippen molar-refractivity contribution >= 4 is 17.2 Å². The topological polar surface area (TPSA) is 38.8 Å². The summed E-state index contributed by atoms with van der Waals surface area (Å²) in [7, 11) is 0. The molecule has 0 unspecified atom stereocenters. The number of carbonyl (C=O) groups excluding carboxylic acids is 1. The lowest BCUT2D eigenvalue weighted by Crippen LogP contribution is -2.34. The lowest BCUT2D eigenvalue weighted by molar-refractivity contribution is -0.137. The van der Waals surface area contributed by atoms with E-state index < -0.39 is 0 Å². The monoisotopic (exact) mass is 295 g/mol. The molecule has 20 heavy (non-hydrogen) atoms. The maximum Gasteiger partial charge on any atom is 0.248 e. The number of aryl methyl sites for hydroxylation is 1. The molecule has 4 nitrogen and oxygen atoms in total. The minimum absolute atomic E-state index is 0.0991. The Kier molecular flexibility index (Phi) is 4.70. The van der Waals surface area contributed by atoms with Crippen LogP contribution in [0.4, 0.5) is 0 Å². The van der Waals surface area contributed by atoms with Crippen molar-refractivity contribution in [1.82, 2.24) is 4.90 Å². The average Bonchev–Trinajstić information content (AvgIpc) is 3.07. The van der Waals surface area contributed by atoms with Crippen LogP contribution in [0.15, 0.2) is 11.4 Å². The second-order valence-electron chi connectivity index (χ2n) is 5.44. The summed E-state index contributed by atoms with van der Waals surface area (Å²) >= 11 is 1.80. The van der Waals surface area contributed by atoms with Crippen LogP contribution in [0.5, 0.6) is 0 Å². The zero-order valence-corrected chi connectivity index (χ0v) is 12.5. The molecular weight excluding hydrogens is 274 g/mol. The second-order valence-corrected chi connectivity index (χ2v) is 6.44. The molecule has 1 atom stereocenters. The van der Waals surface area contributed by atoms with Gasteiger partial charge in [0.05, 0.1) is 12.7 Å². The van der Waals surface area contributed by atoms with Crippen molar-refractivity contribution in [3.63, 3.8) is 0 Å². The Hall–Kier alpha value is -0.910. The predicted molar refractivity (Wildman–Crippen MR) is 77.9 cm³/mol. The number of carbonyl (C=O) groups is 1. The van der Waals surface area contributed by atoms with Crippen LogP contribution in [0.3, 0.4) is 0 Å². The Morgan fingerprint density at radius 1 is 1.50 bits per heavy atom. The molecule has 0 N–H and O–H groups in total. The van der Waals surface area contributed by atoms with E-state index in [4.69, 9.17) is 9.47 Å². The van der Waals surface area contributed by atoms with Crippen LogP contribution in [0.2, 0.25) is 0 Å². The highest BCUT2D eigenvalue weighted by Crippen LogP contribution is 2.23. The van der Waals surface area contributed by atoms with Crippen molar-refractivity contribution in [3.05, 3.63) is 21.9 Å². The summed E-state index contributed by atoms with van der Waals surface area (Å²) in [6.45, 7) is 3.13. The summed E-state index contributed by atoms with van der Waals surface area (Å²) in [5, 5.41) is 2.12. The molecule has 2 aliphatic rings. The number of hydrogen-bond acceptors (Lipinski definition) is 4. The minimum atomic E-state index is 0.0991. The number of nitrogens with zero attached hydrogens (tertiary/aromatic N) is 1. The molecule has 0 aromatic carbocycles. The number of thiophene rings is 1. The Morgan fingerprint density at radius 2 is 2.45 bits per heavy atom. The van der Waals surface area contributed by atoms with E-state index in [-0.39, 0.29) is 18.6 Å². The van der Waals surface area contributed by atoms with Gasteiger partial charge in [-0.25, -0.2) is 0 Å². The van der Waals surface area contributed by atoms with Gasteiger partial charge in [0.2, 0.25) is 5.91 Å². The summed E-state index contributed by atoms with van der Waals surface area (Å²) in [5.41, 5.74) is 1.31. The maximum absolute atomic E-state index is 12.2. The molecular formula is C15H21NO3S. The molecule has 0 aliphatic carbocycles. The normalized spacial score (nSPS) is 22.6. The molecule has 0 radical (unpaired) electrons. The molecule has 3 rings (SSSR count). The standard InChI is InChI=1S/C15H21NO3S/c17-15(11-18-10-13-3-2-7-19-13)16-6-1-4-14-12(9-16)5-8-20-14/h5,8,13H,1-4,6-7,9-11H2/t13-/m0/s1. The zero-order chi connectivity index (χ0) is 13.8. The number of rotatable bonds is 4. The largest absolute Gasteiger partial charge is 0.376 e. The first-order valence-electron chi connectivity index (χ1n) is 7.35. The summed E-state index contributed by atoms with van der Waals surface area (Å²) in [4.78, 5) is 15.6. The Morgan fingerprint density at radius 3 is 3.30 bits per heavy atom. The summed E-state index contributed by atoms with van der Waals surface area (Å²) in [6, 6.07) is 2.14. The molecule has 1 aromatic heterocycles. The van der Waals surface area contributed by atoms with Gasteiger partial charge in [0.15, 0.2) is 0 Å². The predicted octanol–water partition coefficient (Wildman–Crippen LogP) is 2.22. The fourth-order valence-corrected chi connectivity index (χ4v) is 3.74. The third-order valence-electron chi connectivity index (χ3n) is 3.94. The van der Waals surface area contributed by atoms with Gasteiger partial charge in [-0.3, -0.25) is 4.79 Å². The van der Waals surface area contributed by atoms with Gasteiger partial charge in [0.1, 0.15) is 6.61 Å². The van der Waals surface area contributed by atoms with Crippen molar-refractivity contribution in [1.29, 1.82) is 0 Å². The highest BCUT2D eigenvalue weighted by atomic mass is 32.1. The Labute approximate surface area is 123 Å². The fraction of sp³-hybridized carbons (Fsp3) is 0.667. The van der Waals surface area contributed by atoms with Gasteiger partial charge < -0.3 is 14.4 Å². The summed E-state index contributed by atoms with van der Waals surface area (Å²) in [5.74, 6) is 0.0991. The summed E-state index contributed by atoms with van der Waals surface area (Å²) in [6.07, 6.45) is 4.49. The number of ether oxygens (including phenoxy) is 2. The van der Waals surface area contributed by atoms with Crippen LogP contribution in [-0.4, -0.2) is 43.3 Å². The first-order chi connectivity index (χ1) is 9.83. The van der Waals surface area contributed by atoms with E-state index in [0.717, 1.165) is 45.4 Å². The molecule has 1 saturated heterocycles. The smallest absolute Gasteiger partial charge is 0.248 e. The maximum atomic E-state index is 12.2. The van der Waals surface area contributed by atoms with Crippen LogP contribution < -0.4 is 0 Å². The van der Waals surface area contributed by atoms with E-state index in [0.29, 0.717) is 6.61 Å². The molecule has 1 amide bonds. The Balaban J connectivity index is 1.47. The van der Waals surface area contributed by atoms with E-state index in [1.165, 1.54) is 10.4 Å². The van der Waals surface area contributed by atoms with Crippen LogP contribution in [0.1, 0.15) is 29.7 Å². The summed E-state index contributed by atoms with van der Waals surface area (Å²) < 4.78 is 11.0. The number of hydrogen-bond donors (Lipinski definition) is 0. The van der Waals surface area contributed by atoms with Crippen LogP contribution in [-0.2, 0) is 27.2 Å². The first-order valence-corrected chi connectivity index (χ1v) is 8.23. The molecule has 0 bridgehead atoms. The SMILES string of the molecule is O=C(COC[C@@H]1CCCO1)N1CCCc2sccc2C1. The van der Waals surface area contributed by atoms with Gasteiger partial charge in [-0.2, -0.15) is 0 Å². The van der Waals surface area contributed by atoms with Gasteiger partial charge in [-0.05, 0) is 42.7 Å². The fourth-order valence-electron chi connectivity index (χ4n) is 2.80. The van der Waals surface area contributed by atoms with Gasteiger partial charge in [0.25, 0.3) is 0 Å². The quantitative estimate of drug-likeness (QED) is 0.855. The Bertz CT molecular complexity index is 454. The van der Waals surface area contributed by atoms with Gasteiger partial charge >= 0.3 is 0 Å². The van der Waals surface area contributed by atoms with E-state index in [1.54, 1.807) is 11.3 Å². The van der Waals surface area contributed by atoms with Crippen molar-refractivity contribution < 1.29 is 14.3 Å². The molecule has 3 heterocycles. The lowest BCUT2D eigenvalue weighted by atomic mass is 10.2. The van der Waals surface area contributed by atoms with Crippen molar-refractivity contribution in [2.75, 3.05) is 26.4 Å². The minimum Gasteiger partial charge on any atom is -0.376 e. The third-order valence-corrected chi connectivity index (χ3v) is 4.96. The van der Waals surface area contributed by atoms with E-state index >= 15 is 0 Å². The van der Waals surface area contributed by atoms with Crippen LogP contribution in [0.25, 0.3) is 0 Å². The second kappa shape index (κ2) is 6.70. The first kappa shape index (κ1) is 14.0. The van der Waals surface area contributed by atoms with Gasteiger partial charge in [0, 0.05) is 24.6 Å². The van der Waals surface area contributed by atoms with Crippen LogP contribution >= 0.6 is 11.3 Å². The van der Waals surface area contributed by atoms with Gasteiger partial charge in [-0.1, -0.05) is 0 Å². The van der Waals surface area contributed by atoms with Crippen molar-refractivity contribution in [2.45, 2.75) is 38.3 Å². The number of amides is 1. The average molecular weight is 295 g/mol. The molecule has 2 aliphatic heterocycles. The van der Waals surface area contributed by atoms with E-state index in [2.05, 4.69) is 11.4 Å². The van der Waals surface area contributed by atoms with Crippen LogP contribution in [0, 0.1) is 0 Å². The molecule has 0 saturated carbocycles. The third kappa shape index (κ3) is 3.40. The molecule has 1 aromatic rings.